The molecule has 1 heterocycles. The lowest BCUT2D eigenvalue weighted by atomic mass is 9.99. The van der Waals surface area contributed by atoms with Crippen LogP contribution in [0.1, 0.15) is 194 Å². The third kappa shape index (κ3) is 35.6. The number of esters is 1. The number of carbonyl (C=O) groups excluding carboxylic acids is 1. The highest BCUT2D eigenvalue weighted by Gasteiger charge is 2.44. The van der Waals surface area contributed by atoms with Crippen LogP contribution in [0.15, 0.2) is 85.1 Å². The van der Waals surface area contributed by atoms with Crippen LogP contribution in [0.5, 0.6) is 0 Å². The van der Waals surface area contributed by atoms with Gasteiger partial charge in [0.15, 0.2) is 6.29 Å². The van der Waals surface area contributed by atoms with Crippen LogP contribution in [0.25, 0.3) is 0 Å². The van der Waals surface area contributed by atoms with Gasteiger partial charge in [-0.05, 0) is 89.9 Å². The SMILES string of the molecule is CC/C=C\C/C=C\C/C=C\C/C=C\CCCCCCCCCCCOCC(COC1OC(CO)C(O)C(O)C1O)OC(=O)CCCCCCCC/C=C\C/C=C\C/C=C\CCCCC. The van der Waals surface area contributed by atoms with Crippen molar-refractivity contribution in [2.45, 2.75) is 230 Å². The molecule has 368 valence electrons. The second-order valence-electron chi connectivity index (χ2n) is 17.2. The lowest BCUT2D eigenvalue weighted by Gasteiger charge is -2.39. The van der Waals surface area contributed by atoms with Gasteiger partial charge in [0.1, 0.15) is 30.5 Å². The van der Waals surface area contributed by atoms with Gasteiger partial charge < -0.3 is 39.4 Å². The summed E-state index contributed by atoms with van der Waals surface area (Å²) in [5, 5.41) is 40.3. The van der Waals surface area contributed by atoms with Gasteiger partial charge in [0.2, 0.25) is 0 Å². The Balaban J connectivity index is 2.23. The van der Waals surface area contributed by atoms with E-state index in [2.05, 4.69) is 98.9 Å². The first-order valence-corrected chi connectivity index (χ1v) is 25.7. The molecule has 0 amide bonds. The number of ether oxygens (including phenoxy) is 4. The summed E-state index contributed by atoms with van der Waals surface area (Å²) in [7, 11) is 0. The highest BCUT2D eigenvalue weighted by atomic mass is 16.7. The number of rotatable bonds is 43. The molecule has 0 bridgehead atoms. The molecule has 0 radical (unpaired) electrons. The second kappa shape index (κ2) is 45.5. The van der Waals surface area contributed by atoms with E-state index in [0.717, 1.165) is 96.3 Å². The van der Waals surface area contributed by atoms with E-state index in [-0.39, 0.29) is 19.2 Å². The number of hydrogen-bond donors (Lipinski definition) is 4. The van der Waals surface area contributed by atoms with E-state index in [1.54, 1.807) is 0 Å². The van der Waals surface area contributed by atoms with Gasteiger partial charge in [-0.25, -0.2) is 0 Å². The Hall–Kier alpha value is -2.63. The van der Waals surface area contributed by atoms with Crippen molar-refractivity contribution >= 4 is 5.97 Å². The minimum atomic E-state index is -1.55. The minimum absolute atomic E-state index is 0.126. The summed E-state index contributed by atoms with van der Waals surface area (Å²) in [6.07, 6.45) is 54.6. The number of aliphatic hydroxyl groups excluding tert-OH is 4. The highest BCUT2D eigenvalue weighted by Crippen LogP contribution is 2.22. The van der Waals surface area contributed by atoms with E-state index in [4.69, 9.17) is 18.9 Å². The topological polar surface area (TPSA) is 135 Å². The average Bonchev–Trinajstić information content (AvgIpc) is 3.30. The second-order valence-corrected chi connectivity index (χ2v) is 17.2. The van der Waals surface area contributed by atoms with Gasteiger partial charge in [0, 0.05) is 13.0 Å². The number of hydrogen-bond acceptors (Lipinski definition) is 9. The summed E-state index contributed by atoms with van der Waals surface area (Å²) >= 11 is 0. The molecule has 6 unspecified atom stereocenters. The molecule has 0 spiro atoms. The van der Waals surface area contributed by atoms with Crippen molar-refractivity contribution in [1.29, 1.82) is 0 Å². The molecule has 0 aromatic carbocycles. The van der Waals surface area contributed by atoms with Gasteiger partial charge in [-0.15, -0.1) is 0 Å². The normalized spacial score (nSPS) is 20.2. The van der Waals surface area contributed by atoms with Gasteiger partial charge in [0.25, 0.3) is 0 Å². The van der Waals surface area contributed by atoms with Crippen molar-refractivity contribution in [2.24, 2.45) is 0 Å². The Morgan fingerprint density at radius 1 is 0.516 bits per heavy atom. The standard InChI is InChI=1S/C55H94O9/c1-3-5-7-9-11-13-15-17-19-21-23-24-25-27-29-31-33-35-37-39-41-43-45-61-47-49(48-62-55-54(60)53(59)52(58)50(46-56)64-55)63-51(57)44-42-40-38-36-34-32-30-28-26-22-20-18-16-14-12-10-8-6-4-2/h5,7,11-14,17-20,23-24,26,28,49-50,52-56,58-60H,3-4,6,8-10,15-16,21-22,25,27,29-48H2,1-2H3/b7-5-,13-11-,14-12-,19-17-,20-18-,24-23-,28-26-. The predicted molar refractivity (Wildman–Crippen MR) is 265 cm³/mol. The first kappa shape index (κ1) is 59.4. The van der Waals surface area contributed by atoms with Crippen LogP contribution in [0.3, 0.4) is 0 Å². The molecule has 0 saturated carbocycles. The molecule has 6 atom stereocenters. The Kier molecular flexibility index (Phi) is 42.2. The Morgan fingerprint density at radius 2 is 0.953 bits per heavy atom. The molecule has 64 heavy (non-hydrogen) atoms. The maximum absolute atomic E-state index is 12.8. The molecule has 1 rings (SSSR count). The van der Waals surface area contributed by atoms with Crippen molar-refractivity contribution in [3.05, 3.63) is 85.1 Å². The molecule has 1 saturated heterocycles. The van der Waals surface area contributed by atoms with Crippen molar-refractivity contribution in [1.82, 2.24) is 0 Å². The lowest BCUT2D eigenvalue weighted by molar-refractivity contribution is -0.305. The molecule has 1 fully saturated rings. The van der Waals surface area contributed by atoms with Crippen LogP contribution < -0.4 is 0 Å². The summed E-state index contributed by atoms with van der Waals surface area (Å²) in [5.41, 5.74) is 0. The van der Waals surface area contributed by atoms with Crippen LogP contribution in [-0.4, -0.2) is 89.6 Å². The molecule has 0 aromatic heterocycles. The first-order valence-electron chi connectivity index (χ1n) is 25.7. The molecule has 4 N–H and O–H groups in total. The number of unbranched alkanes of at least 4 members (excludes halogenated alkanes) is 18. The van der Waals surface area contributed by atoms with Crippen molar-refractivity contribution < 1.29 is 44.2 Å². The van der Waals surface area contributed by atoms with Gasteiger partial charge >= 0.3 is 5.97 Å². The van der Waals surface area contributed by atoms with Crippen molar-refractivity contribution in [2.75, 3.05) is 26.4 Å². The molecule has 9 heteroatoms. The fourth-order valence-electron chi connectivity index (χ4n) is 7.31. The van der Waals surface area contributed by atoms with E-state index in [1.165, 1.54) is 77.0 Å². The van der Waals surface area contributed by atoms with Crippen LogP contribution in [-0.2, 0) is 23.7 Å². The highest BCUT2D eigenvalue weighted by molar-refractivity contribution is 5.69. The summed E-state index contributed by atoms with van der Waals surface area (Å²) in [5.74, 6) is -0.331. The van der Waals surface area contributed by atoms with Gasteiger partial charge in [-0.3, -0.25) is 4.79 Å². The maximum atomic E-state index is 12.8. The zero-order valence-electron chi connectivity index (χ0n) is 40.5. The summed E-state index contributed by atoms with van der Waals surface area (Å²) in [6, 6.07) is 0. The van der Waals surface area contributed by atoms with Crippen LogP contribution in [0.4, 0.5) is 0 Å². The van der Waals surface area contributed by atoms with E-state index < -0.39 is 43.4 Å². The fraction of sp³-hybridized carbons (Fsp3) is 0.727. The van der Waals surface area contributed by atoms with E-state index in [0.29, 0.717) is 13.0 Å². The third-order valence-electron chi connectivity index (χ3n) is 11.3. The zero-order chi connectivity index (χ0) is 46.4. The smallest absolute Gasteiger partial charge is 0.306 e. The molecule has 1 aliphatic rings. The van der Waals surface area contributed by atoms with E-state index in [1.807, 2.05) is 0 Å². The summed E-state index contributed by atoms with van der Waals surface area (Å²) < 4.78 is 22.9. The lowest BCUT2D eigenvalue weighted by Crippen LogP contribution is -2.59. The van der Waals surface area contributed by atoms with Crippen molar-refractivity contribution in [3.63, 3.8) is 0 Å². The van der Waals surface area contributed by atoms with E-state index >= 15 is 0 Å². The Labute approximate surface area is 390 Å². The molecule has 1 aliphatic heterocycles. The Morgan fingerprint density at radius 3 is 1.44 bits per heavy atom. The largest absolute Gasteiger partial charge is 0.457 e. The monoisotopic (exact) mass is 899 g/mol. The number of carbonyl (C=O) groups is 1. The van der Waals surface area contributed by atoms with Crippen molar-refractivity contribution in [3.8, 4) is 0 Å². The summed E-state index contributed by atoms with van der Waals surface area (Å²) in [6.45, 7) is 4.39. The Bertz CT molecular complexity index is 1250. The van der Waals surface area contributed by atoms with Gasteiger partial charge in [0.05, 0.1) is 19.8 Å². The maximum Gasteiger partial charge on any atom is 0.306 e. The molecular formula is C55H94O9. The predicted octanol–water partition coefficient (Wildman–Crippen LogP) is 12.6. The van der Waals surface area contributed by atoms with Crippen LogP contribution in [0, 0.1) is 0 Å². The zero-order valence-corrected chi connectivity index (χ0v) is 40.5. The number of aliphatic hydroxyl groups is 4. The molecule has 9 nitrogen and oxygen atoms in total. The quantitative estimate of drug-likeness (QED) is 0.0268. The third-order valence-corrected chi connectivity index (χ3v) is 11.3. The summed E-state index contributed by atoms with van der Waals surface area (Å²) in [4.78, 5) is 12.8. The first-order chi connectivity index (χ1) is 31.4. The fourth-order valence-corrected chi connectivity index (χ4v) is 7.31. The van der Waals surface area contributed by atoms with E-state index in [9.17, 15) is 25.2 Å². The van der Waals surface area contributed by atoms with Gasteiger partial charge in [-0.1, -0.05) is 182 Å². The number of allylic oxidation sites excluding steroid dienone is 14. The van der Waals surface area contributed by atoms with Crippen LogP contribution in [0.2, 0.25) is 0 Å². The minimum Gasteiger partial charge on any atom is -0.457 e. The molecule has 0 aliphatic carbocycles. The molecular weight excluding hydrogens is 805 g/mol. The molecule has 0 aromatic rings. The average molecular weight is 899 g/mol. The van der Waals surface area contributed by atoms with Gasteiger partial charge in [-0.2, -0.15) is 0 Å². The van der Waals surface area contributed by atoms with Crippen LogP contribution >= 0.6 is 0 Å².